The molecule has 0 aliphatic carbocycles. The van der Waals surface area contributed by atoms with Crippen LogP contribution in [0.4, 0.5) is 0 Å². The lowest BCUT2D eigenvalue weighted by Crippen LogP contribution is -2.23. The smallest absolute Gasteiger partial charge is 0.332 e. The highest BCUT2D eigenvalue weighted by molar-refractivity contribution is 5.86. The van der Waals surface area contributed by atoms with E-state index < -0.39 is 5.97 Å². The zero-order chi connectivity index (χ0) is 16.3. The molecule has 2 rings (SSSR count). The first kappa shape index (κ1) is 16.0. The van der Waals surface area contributed by atoms with Crippen molar-refractivity contribution in [1.29, 1.82) is 0 Å². The van der Waals surface area contributed by atoms with Crippen LogP contribution in [0.5, 0.6) is 0 Å². The minimum atomic E-state index is -0.958. The fourth-order valence-corrected chi connectivity index (χ4v) is 2.44. The lowest BCUT2D eigenvalue weighted by molar-refractivity contribution is -0.132. The molecule has 0 atom stereocenters. The summed E-state index contributed by atoms with van der Waals surface area (Å²) in [5.41, 5.74) is 4.34. The van der Waals surface area contributed by atoms with Gasteiger partial charge in [0.1, 0.15) is 0 Å². The summed E-state index contributed by atoms with van der Waals surface area (Å²) < 4.78 is 1.92. The molecule has 1 heterocycles. The van der Waals surface area contributed by atoms with Crippen LogP contribution in [0.25, 0.3) is 5.69 Å². The fourth-order valence-electron chi connectivity index (χ4n) is 2.44. The number of hydrogen-bond donors (Lipinski definition) is 1. The minimum absolute atomic E-state index is 0.188. The molecular formula is C17H21N3O2. The summed E-state index contributed by atoms with van der Waals surface area (Å²) in [5, 5.41) is 13.5. The van der Waals surface area contributed by atoms with Crippen LogP contribution in [0.15, 0.2) is 42.5 Å². The van der Waals surface area contributed by atoms with Crippen LogP contribution < -0.4 is 0 Å². The van der Waals surface area contributed by atoms with Crippen LogP contribution in [0.2, 0.25) is 0 Å². The number of carbonyl (C=O) groups is 1. The number of likely N-dealkylation sites (N-methyl/N-ethyl adjacent to an activating group) is 1. The molecule has 0 radical (unpaired) electrons. The molecule has 0 bridgehead atoms. The molecule has 0 aliphatic heterocycles. The van der Waals surface area contributed by atoms with Crippen molar-refractivity contribution in [3.63, 3.8) is 0 Å². The Balaban J connectivity index is 2.21. The molecule has 0 unspecified atom stereocenters. The number of benzene rings is 1. The Morgan fingerprint density at radius 2 is 1.95 bits per heavy atom. The van der Waals surface area contributed by atoms with Gasteiger partial charge in [-0.25, -0.2) is 9.48 Å². The Labute approximate surface area is 130 Å². The molecule has 2 aromatic rings. The van der Waals surface area contributed by atoms with E-state index in [0.29, 0.717) is 13.1 Å². The van der Waals surface area contributed by atoms with E-state index in [1.807, 2.05) is 60.8 Å². The second kappa shape index (κ2) is 6.58. The zero-order valence-electron chi connectivity index (χ0n) is 13.2. The van der Waals surface area contributed by atoms with Crippen LogP contribution >= 0.6 is 0 Å². The van der Waals surface area contributed by atoms with E-state index in [0.717, 1.165) is 22.6 Å². The molecule has 0 spiro atoms. The largest absolute Gasteiger partial charge is 0.478 e. The second-order valence-corrected chi connectivity index (χ2v) is 5.48. The van der Waals surface area contributed by atoms with E-state index in [2.05, 4.69) is 11.7 Å². The number of carboxylic acids is 1. The van der Waals surface area contributed by atoms with Gasteiger partial charge >= 0.3 is 5.97 Å². The number of nitrogens with zero attached hydrogens (tertiary/aromatic N) is 3. The van der Waals surface area contributed by atoms with E-state index in [9.17, 15) is 4.79 Å². The summed E-state index contributed by atoms with van der Waals surface area (Å²) in [6.07, 6.45) is 0. The van der Waals surface area contributed by atoms with Gasteiger partial charge in [0.2, 0.25) is 0 Å². The second-order valence-electron chi connectivity index (χ2n) is 5.48. The molecule has 5 nitrogen and oxygen atoms in total. The normalized spacial score (nSPS) is 10.9. The molecule has 1 aromatic carbocycles. The van der Waals surface area contributed by atoms with Crippen LogP contribution in [-0.2, 0) is 11.3 Å². The quantitative estimate of drug-likeness (QED) is 0.833. The van der Waals surface area contributed by atoms with Gasteiger partial charge in [-0.15, -0.1) is 0 Å². The molecule has 0 fully saturated rings. The van der Waals surface area contributed by atoms with E-state index >= 15 is 0 Å². The average molecular weight is 299 g/mol. The van der Waals surface area contributed by atoms with Crippen molar-refractivity contribution < 1.29 is 9.90 Å². The topological polar surface area (TPSA) is 58.4 Å². The maximum Gasteiger partial charge on any atom is 0.332 e. The molecule has 1 N–H and O–H groups in total. The number of rotatable bonds is 6. The molecule has 0 aliphatic rings. The highest BCUT2D eigenvalue weighted by Crippen LogP contribution is 2.19. The van der Waals surface area contributed by atoms with Gasteiger partial charge in [-0.2, -0.15) is 5.10 Å². The molecule has 22 heavy (non-hydrogen) atoms. The van der Waals surface area contributed by atoms with Gasteiger partial charge in [-0.1, -0.05) is 24.8 Å². The van der Waals surface area contributed by atoms with Crippen LogP contribution in [0.3, 0.4) is 0 Å². The number of carboxylic acid groups (broad SMARTS) is 1. The van der Waals surface area contributed by atoms with Gasteiger partial charge in [0.25, 0.3) is 0 Å². The summed E-state index contributed by atoms with van der Waals surface area (Å²) in [6.45, 7) is 8.54. The van der Waals surface area contributed by atoms with Crippen LogP contribution in [0, 0.1) is 13.8 Å². The number of hydrogen-bond acceptors (Lipinski definition) is 3. The van der Waals surface area contributed by atoms with Crippen molar-refractivity contribution in [2.75, 3.05) is 13.6 Å². The van der Waals surface area contributed by atoms with E-state index in [-0.39, 0.29) is 5.57 Å². The van der Waals surface area contributed by atoms with Crippen LogP contribution in [-0.4, -0.2) is 39.3 Å². The first-order valence-electron chi connectivity index (χ1n) is 7.10. The Kier molecular flexibility index (Phi) is 4.78. The number of aryl methyl sites for hydroxylation is 1. The van der Waals surface area contributed by atoms with Gasteiger partial charge in [-0.3, -0.25) is 4.90 Å². The highest BCUT2D eigenvalue weighted by atomic mass is 16.4. The lowest BCUT2D eigenvalue weighted by Gasteiger charge is -2.16. The average Bonchev–Trinajstić information content (AvgIpc) is 2.76. The molecular weight excluding hydrogens is 278 g/mol. The Bertz CT molecular complexity index is 689. The standard InChI is InChI=1S/C17H21N3O2/c1-12(17(21)22)10-19(4)11-16-13(2)18-20(14(16)3)15-8-6-5-7-9-15/h5-9H,1,10-11H2,2-4H3,(H,21,22). The van der Waals surface area contributed by atoms with Crippen molar-refractivity contribution >= 4 is 5.97 Å². The van der Waals surface area contributed by atoms with Gasteiger partial charge in [0.05, 0.1) is 11.4 Å². The van der Waals surface area contributed by atoms with Gasteiger partial charge in [0, 0.05) is 29.9 Å². The van der Waals surface area contributed by atoms with Crippen molar-refractivity contribution in [3.05, 3.63) is 59.4 Å². The SMILES string of the molecule is C=C(CN(C)Cc1c(C)nn(-c2ccccc2)c1C)C(=O)O. The van der Waals surface area contributed by atoms with E-state index in [1.54, 1.807) is 0 Å². The lowest BCUT2D eigenvalue weighted by atomic mass is 10.1. The van der Waals surface area contributed by atoms with Gasteiger partial charge < -0.3 is 5.11 Å². The van der Waals surface area contributed by atoms with Crippen molar-refractivity contribution in [1.82, 2.24) is 14.7 Å². The fraction of sp³-hybridized carbons (Fsp3) is 0.294. The first-order valence-corrected chi connectivity index (χ1v) is 7.10. The minimum Gasteiger partial charge on any atom is -0.478 e. The number of para-hydroxylation sites is 1. The Hall–Kier alpha value is -2.40. The maximum absolute atomic E-state index is 10.9. The summed E-state index contributed by atoms with van der Waals surface area (Å²) >= 11 is 0. The highest BCUT2D eigenvalue weighted by Gasteiger charge is 2.15. The third-order valence-electron chi connectivity index (χ3n) is 3.63. The number of aromatic nitrogens is 2. The third-order valence-corrected chi connectivity index (χ3v) is 3.63. The van der Waals surface area contributed by atoms with Crippen molar-refractivity contribution in [2.24, 2.45) is 0 Å². The van der Waals surface area contributed by atoms with Crippen molar-refractivity contribution in [3.8, 4) is 5.69 Å². The zero-order valence-corrected chi connectivity index (χ0v) is 13.2. The summed E-state index contributed by atoms with van der Waals surface area (Å²) in [7, 11) is 1.88. The van der Waals surface area contributed by atoms with Gasteiger partial charge in [0.15, 0.2) is 0 Å². The Morgan fingerprint density at radius 3 is 2.55 bits per heavy atom. The van der Waals surface area contributed by atoms with Crippen LogP contribution in [0.1, 0.15) is 17.0 Å². The van der Waals surface area contributed by atoms with E-state index in [4.69, 9.17) is 5.11 Å². The predicted molar refractivity (Wildman–Crippen MR) is 86.1 cm³/mol. The summed E-state index contributed by atoms with van der Waals surface area (Å²) in [6, 6.07) is 9.96. The van der Waals surface area contributed by atoms with Gasteiger partial charge in [-0.05, 0) is 33.0 Å². The molecule has 116 valence electrons. The summed E-state index contributed by atoms with van der Waals surface area (Å²) in [4.78, 5) is 12.8. The first-order chi connectivity index (χ1) is 10.4. The Morgan fingerprint density at radius 1 is 1.32 bits per heavy atom. The predicted octanol–water partition coefficient (Wildman–Crippen LogP) is 2.56. The molecule has 1 aromatic heterocycles. The van der Waals surface area contributed by atoms with E-state index in [1.165, 1.54) is 0 Å². The van der Waals surface area contributed by atoms with Crippen molar-refractivity contribution in [2.45, 2.75) is 20.4 Å². The molecule has 0 saturated heterocycles. The summed E-state index contributed by atoms with van der Waals surface area (Å²) in [5.74, 6) is -0.958. The molecule has 0 amide bonds. The molecule has 0 saturated carbocycles. The monoisotopic (exact) mass is 299 g/mol. The molecule has 5 heteroatoms. The number of aliphatic carboxylic acids is 1. The maximum atomic E-state index is 10.9. The third kappa shape index (κ3) is 3.43.